The molecule has 26 heavy (non-hydrogen) atoms. The number of unbranched alkanes of at least 4 members (excludes halogenated alkanes) is 13. The first kappa shape index (κ1) is 25.7. The van der Waals surface area contributed by atoms with E-state index in [1.54, 1.807) is 0 Å². The number of allylic oxidation sites excluding steroid dienone is 2. The van der Waals surface area contributed by atoms with E-state index >= 15 is 0 Å². The lowest BCUT2D eigenvalue weighted by molar-refractivity contribution is 0.371. The van der Waals surface area contributed by atoms with Crippen molar-refractivity contribution in [1.29, 1.82) is 0 Å². The quantitative estimate of drug-likeness (QED) is 0.140. The van der Waals surface area contributed by atoms with Crippen LogP contribution in [0.15, 0.2) is 12.2 Å². The Kier molecular flexibility index (Phi) is 22.6. The van der Waals surface area contributed by atoms with Crippen molar-refractivity contribution >= 4 is 0 Å². The fourth-order valence-electron chi connectivity index (χ4n) is 3.96. The molecule has 0 spiro atoms. The van der Waals surface area contributed by atoms with Crippen LogP contribution < -0.4 is 0 Å². The molecule has 0 aromatic rings. The molecule has 0 fully saturated rings. The van der Waals surface area contributed by atoms with Crippen molar-refractivity contribution in [3.8, 4) is 0 Å². The largest absolute Gasteiger partial charge is 0.0885 e. The van der Waals surface area contributed by atoms with Gasteiger partial charge in [0.15, 0.2) is 0 Å². The van der Waals surface area contributed by atoms with Gasteiger partial charge in [-0.15, -0.1) is 0 Å². The van der Waals surface area contributed by atoms with Crippen LogP contribution in [0.4, 0.5) is 0 Å². The SMILES string of the molecule is CCC/C=C/CCCCC(CCCCC)CCCCCCCCCCC. The highest BCUT2D eigenvalue weighted by molar-refractivity contribution is 4.80. The van der Waals surface area contributed by atoms with E-state index in [4.69, 9.17) is 0 Å². The van der Waals surface area contributed by atoms with E-state index in [2.05, 4.69) is 32.9 Å². The summed E-state index contributed by atoms with van der Waals surface area (Å²) < 4.78 is 0. The number of hydrogen-bond acceptors (Lipinski definition) is 0. The van der Waals surface area contributed by atoms with Crippen LogP contribution in [0, 0.1) is 5.92 Å². The first-order valence-corrected chi connectivity index (χ1v) is 12.5. The van der Waals surface area contributed by atoms with Crippen molar-refractivity contribution < 1.29 is 0 Å². The molecule has 0 aliphatic carbocycles. The Bertz CT molecular complexity index is 265. The van der Waals surface area contributed by atoms with E-state index < -0.39 is 0 Å². The van der Waals surface area contributed by atoms with Crippen molar-refractivity contribution in [2.24, 2.45) is 5.92 Å². The molecule has 0 aliphatic rings. The topological polar surface area (TPSA) is 0 Å². The Balaban J connectivity index is 3.68. The van der Waals surface area contributed by atoms with Crippen LogP contribution in [-0.2, 0) is 0 Å². The van der Waals surface area contributed by atoms with Crippen LogP contribution in [-0.4, -0.2) is 0 Å². The van der Waals surface area contributed by atoms with Gasteiger partial charge < -0.3 is 0 Å². The molecule has 0 saturated carbocycles. The number of hydrogen-bond donors (Lipinski definition) is 0. The van der Waals surface area contributed by atoms with Gasteiger partial charge in [-0.25, -0.2) is 0 Å². The van der Waals surface area contributed by atoms with Crippen LogP contribution in [0.25, 0.3) is 0 Å². The summed E-state index contributed by atoms with van der Waals surface area (Å²) in [6.07, 6.45) is 33.4. The van der Waals surface area contributed by atoms with Crippen LogP contribution in [0.2, 0.25) is 0 Å². The minimum absolute atomic E-state index is 1.02. The smallest absolute Gasteiger partial charge is 0.0351 e. The molecule has 0 bridgehead atoms. The Morgan fingerprint density at radius 3 is 1.42 bits per heavy atom. The minimum atomic E-state index is 1.02. The summed E-state index contributed by atoms with van der Waals surface area (Å²) >= 11 is 0. The van der Waals surface area contributed by atoms with E-state index in [0.29, 0.717) is 0 Å². The molecule has 0 saturated heterocycles. The molecule has 0 aliphatic heterocycles. The molecular formula is C26H52. The molecule has 0 heteroatoms. The van der Waals surface area contributed by atoms with Crippen molar-refractivity contribution in [3.63, 3.8) is 0 Å². The van der Waals surface area contributed by atoms with E-state index in [1.807, 2.05) is 0 Å². The van der Waals surface area contributed by atoms with Crippen molar-refractivity contribution in [3.05, 3.63) is 12.2 Å². The molecule has 1 atom stereocenters. The second-order valence-electron chi connectivity index (χ2n) is 8.52. The van der Waals surface area contributed by atoms with Gasteiger partial charge in [-0.2, -0.15) is 0 Å². The summed E-state index contributed by atoms with van der Waals surface area (Å²) in [6.45, 7) is 6.90. The van der Waals surface area contributed by atoms with Crippen LogP contribution >= 0.6 is 0 Å². The summed E-state index contributed by atoms with van der Waals surface area (Å²) in [6, 6.07) is 0. The Morgan fingerprint density at radius 2 is 0.846 bits per heavy atom. The molecule has 0 aromatic carbocycles. The van der Waals surface area contributed by atoms with Crippen molar-refractivity contribution in [2.75, 3.05) is 0 Å². The second-order valence-corrected chi connectivity index (χ2v) is 8.52. The van der Waals surface area contributed by atoms with Crippen molar-refractivity contribution in [2.45, 2.75) is 149 Å². The highest BCUT2D eigenvalue weighted by atomic mass is 14.1. The first-order valence-electron chi connectivity index (χ1n) is 12.5. The predicted molar refractivity (Wildman–Crippen MR) is 122 cm³/mol. The lowest BCUT2D eigenvalue weighted by Crippen LogP contribution is -2.01. The zero-order valence-electron chi connectivity index (χ0n) is 18.9. The molecular weight excluding hydrogens is 312 g/mol. The highest BCUT2D eigenvalue weighted by Gasteiger charge is 2.08. The maximum absolute atomic E-state index is 2.41. The predicted octanol–water partition coefficient (Wildman–Crippen LogP) is 10.0. The fraction of sp³-hybridized carbons (Fsp3) is 0.923. The molecule has 0 amide bonds. The molecule has 1 unspecified atom stereocenters. The molecule has 0 nitrogen and oxygen atoms in total. The van der Waals surface area contributed by atoms with Crippen LogP contribution in [0.1, 0.15) is 149 Å². The van der Waals surface area contributed by atoms with Gasteiger partial charge >= 0.3 is 0 Å². The third kappa shape index (κ3) is 20.1. The number of rotatable bonds is 21. The third-order valence-electron chi connectivity index (χ3n) is 5.79. The molecule has 0 heterocycles. The summed E-state index contributed by atoms with van der Waals surface area (Å²) in [5.41, 5.74) is 0. The van der Waals surface area contributed by atoms with E-state index in [-0.39, 0.29) is 0 Å². The van der Waals surface area contributed by atoms with Gasteiger partial charge in [0.1, 0.15) is 0 Å². The zero-order chi connectivity index (χ0) is 19.1. The van der Waals surface area contributed by atoms with Gasteiger partial charge in [-0.05, 0) is 25.2 Å². The van der Waals surface area contributed by atoms with Gasteiger partial charge in [0.2, 0.25) is 0 Å². The zero-order valence-corrected chi connectivity index (χ0v) is 18.9. The van der Waals surface area contributed by atoms with E-state index in [0.717, 1.165) is 5.92 Å². The molecule has 0 rings (SSSR count). The van der Waals surface area contributed by atoms with Gasteiger partial charge in [0, 0.05) is 0 Å². The Hall–Kier alpha value is -0.260. The molecule has 0 radical (unpaired) electrons. The lowest BCUT2D eigenvalue weighted by Gasteiger charge is -2.16. The van der Waals surface area contributed by atoms with Gasteiger partial charge in [-0.3, -0.25) is 0 Å². The Morgan fingerprint density at radius 1 is 0.423 bits per heavy atom. The monoisotopic (exact) mass is 364 g/mol. The molecule has 156 valence electrons. The maximum atomic E-state index is 2.41. The summed E-state index contributed by atoms with van der Waals surface area (Å²) in [5, 5.41) is 0. The summed E-state index contributed by atoms with van der Waals surface area (Å²) in [4.78, 5) is 0. The van der Waals surface area contributed by atoms with Gasteiger partial charge in [-0.1, -0.05) is 142 Å². The average molecular weight is 365 g/mol. The summed E-state index contributed by atoms with van der Waals surface area (Å²) in [7, 11) is 0. The third-order valence-corrected chi connectivity index (χ3v) is 5.79. The summed E-state index contributed by atoms with van der Waals surface area (Å²) in [5.74, 6) is 1.02. The normalized spacial score (nSPS) is 12.9. The van der Waals surface area contributed by atoms with Crippen LogP contribution in [0.5, 0.6) is 0 Å². The standard InChI is InChI=1S/C26H52/c1-4-7-10-12-14-15-17-19-22-25-26(23-20-9-6-3)24-21-18-16-13-11-8-5-2/h11,13,26H,4-10,12,14-25H2,1-3H3/b13-11+. The highest BCUT2D eigenvalue weighted by Crippen LogP contribution is 2.24. The Labute approximate surface area is 167 Å². The molecule has 0 N–H and O–H groups in total. The fourth-order valence-corrected chi connectivity index (χ4v) is 3.96. The molecule has 0 aromatic heterocycles. The second kappa shape index (κ2) is 22.8. The minimum Gasteiger partial charge on any atom is -0.0885 e. The van der Waals surface area contributed by atoms with Crippen LogP contribution in [0.3, 0.4) is 0 Å². The lowest BCUT2D eigenvalue weighted by atomic mass is 9.90. The van der Waals surface area contributed by atoms with E-state index in [9.17, 15) is 0 Å². The van der Waals surface area contributed by atoms with E-state index in [1.165, 1.54) is 128 Å². The van der Waals surface area contributed by atoms with Gasteiger partial charge in [0.05, 0.1) is 0 Å². The average Bonchev–Trinajstić information content (AvgIpc) is 2.65. The maximum Gasteiger partial charge on any atom is -0.0351 e. The first-order chi connectivity index (χ1) is 12.8. The van der Waals surface area contributed by atoms with Crippen molar-refractivity contribution in [1.82, 2.24) is 0 Å². The van der Waals surface area contributed by atoms with Gasteiger partial charge in [0.25, 0.3) is 0 Å².